The summed E-state index contributed by atoms with van der Waals surface area (Å²) in [4.78, 5) is 27.8. The van der Waals surface area contributed by atoms with Gasteiger partial charge in [-0.15, -0.1) is 0 Å². The van der Waals surface area contributed by atoms with Crippen LogP contribution in [0.4, 0.5) is 19.3 Å². The molecule has 0 aliphatic carbocycles. The van der Waals surface area contributed by atoms with E-state index in [9.17, 15) is 18.4 Å². The maximum Gasteiger partial charge on any atom is 0.329 e. The molecule has 3 amide bonds. The van der Waals surface area contributed by atoms with Gasteiger partial charge in [0.05, 0.1) is 6.54 Å². The molecule has 0 spiro atoms. The minimum Gasteiger partial charge on any atom is -0.371 e. The van der Waals surface area contributed by atoms with Crippen LogP contribution in [0.3, 0.4) is 0 Å². The number of piperidine rings is 1. The molecule has 2 aromatic carbocycles. The fourth-order valence-corrected chi connectivity index (χ4v) is 3.65. The Morgan fingerprint density at radius 3 is 2.45 bits per heavy atom. The van der Waals surface area contributed by atoms with Crippen molar-refractivity contribution in [3.05, 3.63) is 70.9 Å². The molecule has 0 atom stereocenters. The van der Waals surface area contributed by atoms with Crippen molar-refractivity contribution in [2.75, 3.05) is 18.0 Å². The zero-order valence-corrected chi connectivity index (χ0v) is 15.8. The van der Waals surface area contributed by atoms with Gasteiger partial charge in [0, 0.05) is 29.9 Å². The summed E-state index contributed by atoms with van der Waals surface area (Å²) in [5.74, 6) is -1.57. The molecule has 0 saturated carbocycles. The Morgan fingerprint density at radius 1 is 0.966 bits per heavy atom. The molecule has 2 aliphatic rings. The fraction of sp³-hybridized carbons (Fsp3) is 0.273. The van der Waals surface area contributed by atoms with E-state index < -0.39 is 23.6 Å². The van der Waals surface area contributed by atoms with Gasteiger partial charge in [0.2, 0.25) is 0 Å². The van der Waals surface area contributed by atoms with Crippen LogP contribution >= 0.6 is 0 Å². The third-order valence-corrected chi connectivity index (χ3v) is 5.25. The van der Waals surface area contributed by atoms with Gasteiger partial charge in [-0.25, -0.2) is 13.6 Å². The van der Waals surface area contributed by atoms with Crippen molar-refractivity contribution in [3.63, 3.8) is 0 Å². The largest absolute Gasteiger partial charge is 0.371 e. The van der Waals surface area contributed by atoms with Crippen molar-refractivity contribution in [3.8, 4) is 0 Å². The number of halogens is 2. The first kappa shape index (κ1) is 19.1. The van der Waals surface area contributed by atoms with E-state index in [-0.39, 0.29) is 23.4 Å². The van der Waals surface area contributed by atoms with Gasteiger partial charge < -0.3 is 10.2 Å². The second-order valence-corrected chi connectivity index (χ2v) is 7.22. The summed E-state index contributed by atoms with van der Waals surface area (Å²) in [6.45, 7) is 1.61. The van der Waals surface area contributed by atoms with Crippen molar-refractivity contribution in [2.24, 2.45) is 0 Å². The molecule has 0 aromatic heterocycles. The Balaban J connectivity index is 1.53. The van der Waals surface area contributed by atoms with Crippen LogP contribution in [0.2, 0.25) is 0 Å². The highest BCUT2D eigenvalue weighted by Crippen LogP contribution is 2.25. The summed E-state index contributed by atoms with van der Waals surface area (Å²) in [6, 6.07) is 10.2. The first-order chi connectivity index (χ1) is 14.0. The van der Waals surface area contributed by atoms with Crippen molar-refractivity contribution >= 4 is 23.7 Å². The molecular formula is C22H21F2N3O2. The number of urea groups is 1. The second kappa shape index (κ2) is 8.03. The topological polar surface area (TPSA) is 52.7 Å². The molecule has 29 heavy (non-hydrogen) atoms. The Labute approximate surface area is 167 Å². The molecule has 150 valence electrons. The minimum absolute atomic E-state index is 0.0315. The molecule has 2 heterocycles. The molecule has 4 rings (SSSR count). The highest BCUT2D eigenvalue weighted by atomic mass is 19.1. The molecule has 7 heteroatoms. The molecule has 5 nitrogen and oxygen atoms in total. The molecule has 2 aliphatic heterocycles. The number of carbonyl (C=O) groups is 2. The van der Waals surface area contributed by atoms with Gasteiger partial charge in [0.15, 0.2) is 0 Å². The predicted octanol–water partition coefficient (Wildman–Crippen LogP) is 4.05. The third kappa shape index (κ3) is 3.99. The van der Waals surface area contributed by atoms with E-state index in [1.54, 1.807) is 12.1 Å². The molecule has 0 radical (unpaired) electrons. The summed E-state index contributed by atoms with van der Waals surface area (Å²) in [5, 5.41) is 2.45. The Morgan fingerprint density at radius 2 is 1.72 bits per heavy atom. The number of imide groups is 1. The van der Waals surface area contributed by atoms with Crippen LogP contribution < -0.4 is 10.2 Å². The van der Waals surface area contributed by atoms with Crippen molar-refractivity contribution in [2.45, 2.75) is 25.8 Å². The van der Waals surface area contributed by atoms with Crippen LogP contribution in [-0.2, 0) is 11.3 Å². The highest BCUT2D eigenvalue weighted by Gasteiger charge is 2.34. The monoisotopic (exact) mass is 397 g/mol. The van der Waals surface area contributed by atoms with E-state index in [0.29, 0.717) is 0 Å². The van der Waals surface area contributed by atoms with E-state index in [0.717, 1.165) is 36.5 Å². The standard InChI is InChI=1S/C22H21F2N3O2/c23-18-7-3-2-6-16(18)14-27-21(28)20(25-22(27)29)12-15-8-9-17(13-19(15)24)26-10-4-1-5-11-26/h2-3,6-9,12-13H,1,4-5,10-11,14H2,(H,25,29)/b20-12+. The number of hydrogen-bond acceptors (Lipinski definition) is 3. The lowest BCUT2D eigenvalue weighted by Crippen LogP contribution is -2.30. The van der Waals surface area contributed by atoms with Crippen LogP contribution in [-0.4, -0.2) is 29.9 Å². The van der Waals surface area contributed by atoms with E-state index in [1.807, 2.05) is 6.07 Å². The van der Waals surface area contributed by atoms with Gasteiger partial charge in [-0.3, -0.25) is 9.69 Å². The van der Waals surface area contributed by atoms with E-state index in [4.69, 9.17) is 0 Å². The summed E-state index contributed by atoms with van der Waals surface area (Å²) >= 11 is 0. The van der Waals surface area contributed by atoms with Crippen molar-refractivity contribution in [1.82, 2.24) is 10.2 Å². The third-order valence-electron chi connectivity index (χ3n) is 5.25. The van der Waals surface area contributed by atoms with Gasteiger partial charge in [-0.05, 0) is 49.6 Å². The predicted molar refractivity (Wildman–Crippen MR) is 106 cm³/mol. The van der Waals surface area contributed by atoms with Crippen LogP contribution in [0.1, 0.15) is 30.4 Å². The zero-order chi connectivity index (χ0) is 20.4. The number of nitrogens with one attached hydrogen (secondary N) is 1. The van der Waals surface area contributed by atoms with Gasteiger partial charge in [0.1, 0.15) is 17.3 Å². The van der Waals surface area contributed by atoms with Crippen LogP contribution in [0.15, 0.2) is 48.2 Å². The van der Waals surface area contributed by atoms with Gasteiger partial charge >= 0.3 is 6.03 Å². The maximum absolute atomic E-state index is 14.6. The smallest absolute Gasteiger partial charge is 0.329 e. The molecule has 2 saturated heterocycles. The second-order valence-electron chi connectivity index (χ2n) is 7.22. The summed E-state index contributed by atoms with van der Waals surface area (Å²) in [5.41, 5.74) is 1.22. The molecule has 1 N–H and O–H groups in total. The van der Waals surface area contributed by atoms with E-state index in [2.05, 4.69) is 10.2 Å². The van der Waals surface area contributed by atoms with Crippen LogP contribution in [0, 0.1) is 11.6 Å². The Bertz CT molecular complexity index is 984. The van der Waals surface area contributed by atoms with Gasteiger partial charge in [-0.1, -0.05) is 18.2 Å². The molecule has 2 aromatic rings. The van der Waals surface area contributed by atoms with Gasteiger partial charge in [0.25, 0.3) is 5.91 Å². The van der Waals surface area contributed by atoms with Crippen LogP contribution in [0.25, 0.3) is 6.08 Å². The first-order valence-corrected chi connectivity index (χ1v) is 9.65. The fourth-order valence-electron chi connectivity index (χ4n) is 3.65. The summed E-state index contributed by atoms with van der Waals surface area (Å²) in [7, 11) is 0. The summed E-state index contributed by atoms with van der Waals surface area (Å²) < 4.78 is 28.5. The highest BCUT2D eigenvalue weighted by molar-refractivity contribution is 6.13. The van der Waals surface area contributed by atoms with Crippen molar-refractivity contribution in [1.29, 1.82) is 0 Å². The lowest BCUT2D eigenvalue weighted by Gasteiger charge is -2.28. The number of benzene rings is 2. The average Bonchev–Trinajstić information content (AvgIpc) is 2.99. The Kier molecular flexibility index (Phi) is 5.29. The summed E-state index contributed by atoms with van der Waals surface area (Å²) in [6.07, 6.45) is 4.68. The van der Waals surface area contributed by atoms with Gasteiger partial charge in [-0.2, -0.15) is 0 Å². The van der Waals surface area contributed by atoms with Crippen molar-refractivity contribution < 1.29 is 18.4 Å². The van der Waals surface area contributed by atoms with E-state index >= 15 is 0 Å². The number of amides is 3. The quantitative estimate of drug-likeness (QED) is 0.626. The molecule has 2 fully saturated rings. The molecular weight excluding hydrogens is 376 g/mol. The zero-order valence-electron chi connectivity index (χ0n) is 15.8. The molecule has 0 unspecified atom stereocenters. The number of anilines is 1. The average molecular weight is 397 g/mol. The van der Waals surface area contributed by atoms with E-state index in [1.165, 1.54) is 36.8 Å². The first-order valence-electron chi connectivity index (χ1n) is 9.65. The number of hydrogen-bond donors (Lipinski definition) is 1. The number of carbonyl (C=O) groups excluding carboxylic acids is 2. The normalized spacial score (nSPS) is 18.5. The molecule has 0 bridgehead atoms. The minimum atomic E-state index is -0.658. The lowest BCUT2D eigenvalue weighted by molar-refractivity contribution is -0.123. The Hall–Kier alpha value is -3.22. The maximum atomic E-state index is 14.6. The number of nitrogens with zero attached hydrogens (tertiary/aromatic N) is 2. The SMILES string of the molecule is O=C1N/C(=C/c2ccc(N3CCCCC3)cc2F)C(=O)N1Cc1ccccc1F. The lowest BCUT2D eigenvalue weighted by atomic mass is 10.1. The number of rotatable bonds is 4. The van der Waals surface area contributed by atoms with Crippen LogP contribution in [0.5, 0.6) is 0 Å².